The standard InChI is InChI=1S/C26H32FN3O7/c1-31-19-9-7-17(21(13-19)33-3)15-30(16-18-8-10-20(32-2)14-22(18)34-4)26-28-24(35-5)23(37-12-11-27)25(29-26)36-6/h7-10,13-14H,11-12,15-16H2,1-6H3/i12D2. The summed E-state index contributed by atoms with van der Waals surface area (Å²) in [5.74, 6) is 2.03. The second kappa shape index (κ2) is 13.2. The number of rotatable bonds is 14. The van der Waals surface area contributed by atoms with Crippen LogP contribution in [0.5, 0.6) is 40.5 Å². The Morgan fingerprint density at radius 2 is 1.22 bits per heavy atom. The molecule has 11 heteroatoms. The van der Waals surface area contributed by atoms with Gasteiger partial charge in [-0.05, 0) is 24.3 Å². The summed E-state index contributed by atoms with van der Waals surface area (Å²) in [6, 6.07) is 10.9. The third-order valence-electron chi connectivity index (χ3n) is 5.40. The third kappa shape index (κ3) is 6.54. The van der Waals surface area contributed by atoms with Crippen LogP contribution in [0.2, 0.25) is 0 Å². The molecule has 0 saturated carbocycles. The van der Waals surface area contributed by atoms with E-state index in [1.165, 1.54) is 14.2 Å². The maximum absolute atomic E-state index is 13.2. The monoisotopic (exact) mass is 519 g/mol. The summed E-state index contributed by atoms with van der Waals surface area (Å²) in [6.45, 7) is -3.51. The molecule has 0 bridgehead atoms. The van der Waals surface area contributed by atoms with Gasteiger partial charge in [0.25, 0.3) is 11.8 Å². The van der Waals surface area contributed by atoms with Gasteiger partial charge < -0.3 is 38.1 Å². The van der Waals surface area contributed by atoms with E-state index in [9.17, 15) is 4.39 Å². The molecular formula is C26H32FN3O7. The zero-order valence-corrected chi connectivity index (χ0v) is 21.7. The Hall–Kier alpha value is -4.15. The van der Waals surface area contributed by atoms with Crippen molar-refractivity contribution in [3.8, 4) is 40.5 Å². The number of hydrogen-bond acceptors (Lipinski definition) is 10. The lowest BCUT2D eigenvalue weighted by atomic mass is 10.1. The Morgan fingerprint density at radius 3 is 1.59 bits per heavy atom. The second-order valence-corrected chi connectivity index (χ2v) is 7.46. The highest BCUT2D eigenvalue weighted by Crippen LogP contribution is 2.37. The molecule has 1 heterocycles. The van der Waals surface area contributed by atoms with Crippen molar-refractivity contribution in [2.24, 2.45) is 0 Å². The van der Waals surface area contributed by atoms with E-state index >= 15 is 0 Å². The van der Waals surface area contributed by atoms with Crippen LogP contribution in [-0.2, 0) is 13.1 Å². The van der Waals surface area contributed by atoms with E-state index in [0.717, 1.165) is 11.1 Å². The molecule has 200 valence electrons. The van der Waals surface area contributed by atoms with Crippen LogP contribution in [0.4, 0.5) is 10.3 Å². The Bertz CT molecular complexity index is 1180. The van der Waals surface area contributed by atoms with E-state index in [1.807, 2.05) is 29.2 Å². The first-order valence-corrected chi connectivity index (χ1v) is 11.1. The fourth-order valence-corrected chi connectivity index (χ4v) is 3.58. The minimum absolute atomic E-state index is 0.137. The molecule has 3 aromatic rings. The van der Waals surface area contributed by atoms with Crippen LogP contribution in [0.3, 0.4) is 0 Å². The molecule has 0 N–H and O–H groups in total. The minimum atomic E-state index is -2.64. The lowest BCUT2D eigenvalue weighted by molar-refractivity contribution is 0.240. The Balaban J connectivity index is 2.14. The van der Waals surface area contributed by atoms with E-state index < -0.39 is 13.2 Å². The quantitative estimate of drug-likeness (QED) is 0.310. The summed E-state index contributed by atoms with van der Waals surface area (Å²) < 4.78 is 66.3. The van der Waals surface area contributed by atoms with Crippen molar-refractivity contribution in [3.63, 3.8) is 0 Å². The van der Waals surface area contributed by atoms with Crippen LogP contribution in [0, 0.1) is 0 Å². The number of alkyl halides is 1. The summed E-state index contributed by atoms with van der Waals surface area (Å²) in [5, 5.41) is 0. The lowest BCUT2D eigenvalue weighted by Crippen LogP contribution is -2.25. The van der Waals surface area contributed by atoms with Gasteiger partial charge in [-0.1, -0.05) is 0 Å². The summed E-state index contributed by atoms with van der Waals surface area (Å²) in [7, 11) is 8.90. The van der Waals surface area contributed by atoms with Crippen molar-refractivity contribution in [3.05, 3.63) is 47.5 Å². The topological polar surface area (TPSA) is 93.6 Å². The summed E-state index contributed by atoms with van der Waals surface area (Å²) >= 11 is 0. The van der Waals surface area contributed by atoms with Crippen molar-refractivity contribution in [1.29, 1.82) is 0 Å². The predicted molar refractivity (Wildman–Crippen MR) is 136 cm³/mol. The van der Waals surface area contributed by atoms with Crippen LogP contribution in [0.25, 0.3) is 0 Å². The molecule has 0 aliphatic rings. The normalized spacial score (nSPS) is 11.6. The van der Waals surface area contributed by atoms with Gasteiger partial charge in [-0.25, -0.2) is 4.39 Å². The molecule has 0 spiro atoms. The Kier molecular flexibility index (Phi) is 8.78. The van der Waals surface area contributed by atoms with Gasteiger partial charge in [0.2, 0.25) is 11.7 Å². The first kappa shape index (κ1) is 24.5. The molecule has 3 rings (SSSR count). The molecule has 0 aliphatic carbocycles. The van der Waals surface area contributed by atoms with Crippen LogP contribution in [0.15, 0.2) is 36.4 Å². The summed E-state index contributed by atoms with van der Waals surface area (Å²) in [4.78, 5) is 10.7. The molecule has 2 aromatic carbocycles. The van der Waals surface area contributed by atoms with Crippen LogP contribution in [-0.4, -0.2) is 65.9 Å². The van der Waals surface area contributed by atoms with Gasteiger partial charge in [-0.2, -0.15) is 9.97 Å². The molecule has 0 aliphatic heterocycles. The third-order valence-corrected chi connectivity index (χ3v) is 5.40. The maximum atomic E-state index is 13.2. The number of anilines is 1. The van der Waals surface area contributed by atoms with E-state index in [0.29, 0.717) is 23.0 Å². The average Bonchev–Trinajstić information content (AvgIpc) is 2.96. The van der Waals surface area contributed by atoms with Crippen molar-refractivity contribution in [1.82, 2.24) is 9.97 Å². The number of hydrogen-bond donors (Lipinski definition) is 0. The van der Waals surface area contributed by atoms with Gasteiger partial charge in [-0.15, -0.1) is 0 Å². The van der Waals surface area contributed by atoms with Crippen molar-refractivity contribution < 1.29 is 40.3 Å². The number of nitrogens with zero attached hydrogens (tertiary/aromatic N) is 3. The van der Waals surface area contributed by atoms with E-state index in [4.69, 9.17) is 35.9 Å². The van der Waals surface area contributed by atoms with Gasteiger partial charge in [0, 0.05) is 36.3 Å². The number of halogens is 1. The summed E-state index contributed by atoms with van der Waals surface area (Å²) in [5.41, 5.74) is 1.59. The van der Waals surface area contributed by atoms with Crippen LogP contribution < -0.4 is 38.1 Å². The molecule has 10 nitrogen and oxygen atoms in total. The van der Waals surface area contributed by atoms with Gasteiger partial charge >= 0.3 is 0 Å². The van der Waals surface area contributed by atoms with E-state index in [1.54, 1.807) is 40.6 Å². The van der Waals surface area contributed by atoms with Crippen LogP contribution >= 0.6 is 0 Å². The van der Waals surface area contributed by atoms with Gasteiger partial charge in [-0.3, -0.25) is 0 Å². The molecule has 37 heavy (non-hydrogen) atoms. The van der Waals surface area contributed by atoms with Crippen LogP contribution in [0.1, 0.15) is 13.9 Å². The molecule has 0 fully saturated rings. The minimum Gasteiger partial charge on any atom is -0.497 e. The van der Waals surface area contributed by atoms with Gasteiger partial charge in [0.1, 0.15) is 36.2 Å². The highest BCUT2D eigenvalue weighted by molar-refractivity contribution is 5.51. The number of aromatic nitrogens is 2. The van der Waals surface area contributed by atoms with E-state index in [2.05, 4.69) is 9.97 Å². The largest absolute Gasteiger partial charge is 0.497 e. The van der Waals surface area contributed by atoms with E-state index in [-0.39, 0.29) is 36.5 Å². The predicted octanol–water partition coefficient (Wildman–Crippen LogP) is 4.08. The molecule has 0 atom stereocenters. The zero-order valence-electron chi connectivity index (χ0n) is 23.7. The fraction of sp³-hybridized carbons (Fsp3) is 0.385. The zero-order chi connectivity index (χ0) is 28.6. The van der Waals surface area contributed by atoms with Gasteiger partial charge in [0.05, 0.1) is 45.4 Å². The number of ether oxygens (including phenoxy) is 7. The number of benzene rings is 2. The van der Waals surface area contributed by atoms with Crippen molar-refractivity contribution in [2.45, 2.75) is 13.1 Å². The summed E-state index contributed by atoms with van der Waals surface area (Å²) in [6.07, 6.45) is 0. The first-order valence-electron chi connectivity index (χ1n) is 12.1. The molecular weight excluding hydrogens is 485 g/mol. The van der Waals surface area contributed by atoms with Gasteiger partial charge in [0.15, 0.2) is 0 Å². The smallest absolute Gasteiger partial charge is 0.265 e. The van der Waals surface area contributed by atoms with Crippen molar-refractivity contribution in [2.75, 3.05) is 60.8 Å². The number of methoxy groups -OCH3 is 6. The Labute approximate surface area is 218 Å². The molecule has 0 unspecified atom stereocenters. The molecule has 0 saturated heterocycles. The average molecular weight is 520 g/mol. The fourth-order valence-electron chi connectivity index (χ4n) is 3.58. The first-order chi connectivity index (χ1) is 18.7. The maximum Gasteiger partial charge on any atom is 0.265 e. The van der Waals surface area contributed by atoms with Crippen molar-refractivity contribution >= 4 is 5.95 Å². The highest BCUT2D eigenvalue weighted by atomic mass is 19.1. The molecule has 1 aromatic heterocycles. The lowest BCUT2D eigenvalue weighted by Gasteiger charge is -2.26. The second-order valence-electron chi connectivity index (χ2n) is 7.46. The molecule has 0 amide bonds. The molecule has 0 radical (unpaired) electrons. The Morgan fingerprint density at radius 1 is 0.730 bits per heavy atom. The highest BCUT2D eigenvalue weighted by Gasteiger charge is 2.23. The SMILES string of the molecule is [2H]C([2H])(CF)Oc1c(OC)nc(N(Cc2ccc(OC)cc2OC)Cc2ccc(OC)cc2OC)nc1OC.